The van der Waals surface area contributed by atoms with E-state index in [-0.39, 0.29) is 21.9 Å². The third kappa shape index (κ3) is 4.42. The molecule has 0 heterocycles. The zero-order valence-corrected chi connectivity index (χ0v) is 16.6. The van der Waals surface area contributed by atoms with Gasteiger partial charge in [0.1, 0.15) is 5.75 Å². The molecule has 0 saturated carbocycles. The first kappa shape index (κ1) is 21.7. The van der Waals surface area contributed by atoms with Crippen LogP contribution in [-0.2, 0) is 16.0 Å². The van der Waals surface area contributed by atoms with E-state index in [1.54, 1.807) is 0 Å². The number of carbonyl (C=O) groups is 1. The van der Waals surface area contributed by atoms with Gasteiger partial charge in [-0.2, -0.15) is 13.2 Å². The van der Waals surface area contributed by atoms with Crippen LogP contribution in [-0.4, -0.2) is 13.8 Å². The zero-order valence-electron chi connectivity index (χ0n) is 15.0. The van der Waals surface area contributed by atoms with Crippen LogP contribution in [0.4, 0.5) is 23.7 Å². The summed E-state index contributed by atoms with van der Waals surface area (Å²) in [4.78, 5) is 9.69. The van der Waals surface area contributed by atoms with E-state index in [1.807, 2.05) is 0 Å². The van der Waals surface area contributed by atoms with Crippen molar-refractivity contribution in [1.82, 2.24) is 0 Å². The molecular weight excluding hydrogens is 443 g/mol. The molecule has 0 unspecified atom stereocenters. The van der Waals surface area contributed by atoms with E-state index in [4.69, 9.17) is 22.1 Å². The van der Waals surface area contributed by atoms with Crippen molar-refractivity contribution in [2.45, 2.75) is 16.0 Å². The number of nitrogens with two attached hydrogens (primary N) is 1. The standard InChI is InChI=1S/C20H13ClF3NO4S/c21-19(26)29-14-4-1-3-12(11-14)16-5-2-6-17(18(16)20(22,23)24)30(27,28)15-9-7-13(25)8-10-15/h1-11H,25H2. The maximum atomic E-state index is 14.0. The first-order chi connectivity index (χ1) is 14.0. The number of carbonyl (C=O) groups excluding carboxylic acids is 1. The Balaban J connectivity index is 2.25. The van der Waals surface area contributed by atoms with Crippen LogP contribution in [0.5, 0.6) is 5.75 Å². The van der Waals surface area contributed by atoms with E-state index >= 15 is 0 Å². The highest BCUT2D eigenvalue weighted by molar-refractivity contribution is 7.91. The topological polar surface area (TPSA) is 86.5 Å². The maximum Gasteiger partial charge on any atom is 0.418 e. The van der Waals surface area contributed by atoms with Crippen molar-refractivity contribution in [2.24, 2.45) is 0 Å². The lowest BCUT2D eigenvalue weighted by Gasteiger charge is -2.18. The Labute approximate surface area is 174 Å². The van der Waals surface area contributed by atoms with Gasteiger partial charge in [0.05, 0.1) is 15.4 Å². The minimum absolute atomic E-state index is 0.00732. The number of hydrogen-bond donors (Lipinski definition) is 1. The highest BCUT2D eigenvalue weighted by atomic mass is 35.5. The molecule has 10 heteroatoms. The quantitative estimate of drug-likeness (QED) is 0.413. The van der Waals surface area contributed by atoms with Gasteiger partial charge in [0.15, 0.2) is 0 Å². The fraction of sp³-hybridized carbons (Fsp3) is 0.0500. The van der Waals surface area contributed by atoms with E-state index in [0.29, 0.717) is 0 Å². The molecule has 0 aliphatic rings. The fourth-order valence-corrected chi connectivity index (χ4v) is 4.47. The third-order valence-electron chi connectivity index (χ3n) is 4.13. The second-order valence-corrected chi connectivity index (χ2v) is 8.34. The summed E-state index contributed by atoms with van der Waals surface area (Å²) in [7, 11) is -4.51. The number of rotatable bonds is 4. The number of nitrogen functional groups attached to an aromatic ring is 1. The molecule has 0 radical (unpaired) electrons. The third-order valence-corrected chi connectivity index (χ3v) is 6.02. The second kappa shape index (κ2) is 8.00. The van der Waals surface area contributed by atoms with Crippen LogP contribution in [0.15, 0.2) is 76.5 Å². The van der Waals surface area contributed by atoms with Gasteiger partial charge in [-0.1, -0.05) is 24.3 Å². The Morgan fingerprint density at radius 1 is 0.967 bits per heavy atom. The molecule has 30 heavy (non-hydrogen) atoms. The predicted octanol–water partition coefficient (Wildman–Crippen LogP) is 5.53. The van der Waals surface area contributed by atoms with Crippen molar-refractivity contribution in [2.75, 3.05) is 5.73 Å². The molecule has 3 aromatic rings. The van der Waals surface area contributed by atoms with E-state index < -0.39 is 37.5 Å². The van der Waals surface area contributed by atoms with Crippen LogP contribution in [0, 0.1) is 0 Å². The monoisotopic (exact) mass is 455 g/mol. The van der Waals surface area contributed by atoms with Crippen molar-refractivity contribution in [1.29, 1.82) is 0 Å². The molecule has 0 aromatic heterocycles. The summed E-state index contributed by atoms with van der Waals surface area (Å²) < 4.78 is 72.7. The number of sulfone groups is 1. The van der Waals surface area contributed by atoms with Crippen LogP contribution in [0.1, 0.15) is 5.56 Å². The Bertz CT molecular complexity index is 1210. The Kier molecular flexibility index (Phi) is 5.78. The van der Waals surface area contributed by atoms with Crippen LogP contribution in [0.3, 0.4) is 0 Å². The molecule has 2 N–H and O–H groups in total. The average Bonchev–Trinajstić information content (AvgIpc) is 2.67. The van der Waals surface area contributed by atoms with E-state index in [0.717, 1.165) is 30.3 Å². The summed E-state index contributed by atoms with van der Waals surface area (Å²) in [5.74, 6) is -0.0904. The first-order valence-corrected chi connectivity index (χ1v) is 10.1. The SMILES string of the molecule is Nc1ccc(S(=O)(=O)c2cccc(-c3cccc(OC(=O)Cl)c3)c2C(F)(F)F)cc1. The number of anilines is 1. The summed E-state index contributed by atoms with van der Waals surface area (Å²) in [6.07, 6.45) is -4.99. The molecule has 0 fully saturated rings. The number of hydrogen-bond acceptors (Lipinski definition) is 5. The summed E-state index contributed by atoms with van der Waals surface area (Å²) in [5.41, 5.74) is 2.90. The maximum absolute atomic E-state index is 14.0. The van der Waals surface area contributed by atoms with Crippen molar-refractivity contribution in [3.8, 4) is 16.9 Å². The molecule has 0 spiro atoms. The van der Waals surface area contributed by atoms with Gasteiger partial charge in [0, 0.05) is 17.3 Å². The average molecular weight is 456 g/mol. The Hall–Kier alpha value is -3.04. The number of halogens is 4. The smallest absolute Gasteiger partial charge is 0.414 e. The van der Waals surface area contributed by atoms with Gasteiger partial charge >= 0.3 is 11.6 Å². The highest BCUT2D eigenvalue weighted by Crippen LogP contribution is 2.43. The molecule has 156 valence electrons. The van der Waals surface area contributed by atoms with Gasteiger partial charge in [-0.05, 0) is 53.6 Å². The number of ether oxygens (including phenoxy) is 1. The van der Waals surface area contributed by atoms with Crippen LogP contribution in [0.2, 0.25) is 0 Å². The minimum Gasteiger partial charge on any atom is -0.414 e. The normalized spacial score (nSPS) is 11.9. The molecule has 0 saturated heterocycles. The molecule has 0 atom stereocenters. The van der Waals surface area contributed by atoms with Crippen LogP contribution < -0.4 is 10.5 Å². The molecule has 3 rings (SSSR count). The second-order valence-electron chi connectivity index (χ2n) is 6.12. The van der Waals surface area contributed by atoms with Gasteiger partial charge in [0.25, 0.3) is 0 Å². The van der Waals surface area contributed by atoms with E-state index in [1.165, 1.54) is 36.4 Å². The molecule has 0 aliphatic carbocycles. The molecular formula is C20H13ClF3NO4S. The van der Waals surface area contributed by atoms with Crippen molar-refractivity contribution in [3.05, 3.63) is 72.3 Å². The fourth-order valence-electron chi connectivity index (χ4n) is 2.88. The molecule has 0 bridgehead atoms. The summed E-state index contributed by atoms with van der Waals surface area (Å²) in [6.45, 7) is 0. The van der Waals surface area contributed by atoms with Crippen molar-refractivity contribution < 1.29 is 31.1 Å². The largest absolute Gasteiger partial charge is 0.418 e. The molecule has 0 amide bonds. The van der Waals surface area contributed by atoms with Gasteiger partial charge in [-0.3, -0.25) is 0 Å². The summed E-state index contributed by atoms with van der Waals surface area (Å²) in [6, 6.07) is 13.2. The first-order valence-electron chi connectivity index (χ1n) is 8.29. The lowest BCUT2D eigenvalue weighted by Crippen LogP contribution is -2.15. The van der Waals surface area contributed by atoms with Crippen molar-refractivity contribution in [3.63, 3.8) is 0 Å². The lowest BCUT2D eigenvalue weighted by atomic mass is 9.99. The van der Waals surface area contributed by atoms with E-state index in [9.17, 15) is 26.4 Å². The van der Waals surface area contributed by atoms with E-state index in [2.05, 4.69) is 0 Å². The van der Waals surface area contributed by atoms with Gasteiger partial charge < -0.3 is 10.5 Å². The van der Waals surface area contributed by atoms with Gasteiger partial charge in [-0.15, -0.1) is 0 Å². The minimum atomic E-state index is -4.99. The van der Waals surface area contributed by atoms with Crippen LogP contribution in [0.25, 0.3) is 11.1 Å². The highest BCUT2D eigenvalue weighted by Gasteiger charge is 2.40. The van der Waals surface area contributed by atoms with Crippen molar-refractivity contribution >= 4 is 32.6 Å². The number of alkyl halides is 3. The van der Waals surface area contributed by atoms with Gasteiger partial charge in [-0.25, -0.2) is 13.2 Å². The Morgan fingerprint density at radius 2 is 1.60 bits per heavy atom. The zero-order chi connectivity index (χ0) is 22.1. The predicted molar refractivity (Wildman–Crippen MR) is 105 cm³/mol. The molecule has 3 aromatic carbocycles. The Morgan fingerprint density at radius 3 is 2.20 bits per heavy atom. The lowest BCUT2D eigenvalue weighted by molar-refractivity contribution is -0.139. The summed E-state index contributed by atoms with van der Waals surface area (Å²) >= 11 is 5.15. The number of benzene rings is 3. The van der Waals surface area contributed by atoms with Gasteiger partial charge in [0.2, 0.25) is 9.84 Å². The molecule has 5 nitrogen and oxygen atoms in total. The summed E-state index contributed by atoms with van der Waals surface area (Å²) in [5, 5.41) is 0. The molecule has 0 aliphatic heterocycles. The van der Waals surface area contributed by atoms with Crippen LogP contribution >= 0.6 is 11.6 Å².